The number of thioether (sulfide) groups is 1. The quantitative estimate of drug-likeness (QED) is 0.476. The summed E-state index contributed by atoms with van der Waals surface area (Å²) < 4.78 is 12.9. The maximum Gasteiger partial charge on any atom is 0.193 e. The molecule has 0 aliphatic carbocycles. The van der Waals surface area contributed by atoms with Gasteiger partial charge in [0, 0.05) is 26.7 Å². The van der Waals surface area contributed by atoms with Gasteiger partial charge in [0.1, 0.15) is 5.82 Å². The SMILES string of the molecule is CCNC(=NCCCSC)N(C)Cc1ccc(F)cc1. The maximum absolute atomic E-state index is 12.9. The van der Waals surface area contributed by atoms with Crippen LogP contribution in [0.15, 0.2) is 29.3 Å². The highest BCUT2D eigenvalue weighted by Crippen LogP contribution is 2.06. The lowest BCUT2D eigenvalue weighted by Gasteiger charge is -2.22. The van der Waals surface area contributed by atoms with Crippen LogP contribution in [0.2, 0.25) is 0 Å². The summed E-state index contributed by atoms with van der Waals surface area (Å²) in [4.78, 5) is 6.67. The summed E-state index contributed by atoms with van der Waals surface area (Å²) in [7, 11) is 2.00. The zero-order chi connectivity index (χ0) is 14.8. The number of benzene rings is 1. The minimum atomic E-state index is -0.200. The first-order valence-corrected chi connectivity index (χ1v) is 8.29. The van der Waals surface area contributed by atoms with Gasteiger partial charge in [0.15, 0.2) is 5.96 Å². The summed E-state index contributed by atoms with van der Waals surface area (Å²) in [6, 6.07) is 6.60. The van der Waals surface area contributed by atoms with Crippen molar-refractivity contribution in [1.82, 2.24) is 10.2 Å². The van der Waals surface area contributed by atoms with Gasteiger partial charge in [0.25, 0.3) is 0 Å². The summed E-state index contributed by atoms with van der Waals surface area (Å²) >= 11 is 1.84. The molecule has 1 aromatic rings. The van der Waals surface area contributed by atoms with Crippen LogP contribution in [0, 0.1) is 5.82 Å². The van der Waals surface area contributed by atoms with E-state index in [9.17, 15) is 4.39 Å². The van der Waals surface area contributed by atoms with Crippen molar-refractivity contribution in [3.05, 3.63) is 35.6 Å². The van der Waals surface area contributed by atoms with Crippen LogP contribution in [0.3, 0.4) is 0 Å². The van der Waals surface area contributed by atoms with Crippen LogP contribution in [0.4, 0.5) is 4.39 Å². The van der Waals surface area contributed by atoms with Crippen molar-refractivity contribution in [1.29, 1.82) is 0 Å². The summed E-state index contributed by atoms with van der Waals surface area (Å²) in [5.41, 5.74) is 1.07. The Morgan fingerprint density at radius 3 is 2.65 bits per heavy atom. The molecule has 0 aliphatic heterocycles. The second kappa shape index (κ2) is 9.64. The molecule has 20 heavy (non-hydrogen) atoms. The molecule has 1 rings (SSSR count). The minimum Gasteiger partial charge on any atom is -0.357 e. The Labute approximate surface area is 125 Å². The van der Waals surface area contributed by atoms with E-state index in [-0.39, 0.29) is 5.82 Å². The Balaban J connectivity index is 2.58. The van der Waals surface area contributed by atoms with Crippen molar-refractivity contribution >= 4 is 17.7 Å². The molecule has 0 spiro atoms. The largest absolute Gasteiger partial charge is 0.357 e. The number of hydrogen-bond donors (Lipinski definition) is 1. The molecule has 1 N–H and O–H groups in total. The highest BCUT2D eigenvalue weighted by molar-refractivity contribution is 7.98. The van der Waals surface area contributed by atoms with Gasteiger partial charge in [-0.3, -0.25) is 4.99 Å². The van der Waals surface area contributed by atoms with Gasteiger partial charge in [-0.15, -0.1) is 0 Å². The van der Waals surface area contributed by atoms with Gasteiger partial charge in [0.2, 0.25) is 0 Å². The lowest BCUT2D eigenvalue weighted by molar-refractivity contribution is 0.476. The van der Waals surface area contributed by atoms with Crippen molar-refractivity contribution in [2.24, 2.45) is 4.99 Å². The van der Waals surface area contributed by atoms with E-state index in [1.54, 1.807) is 0 Å². The second-order valence-corrected chi connectivity index (χ2v) is 5.55. The summed E-state index contributed by atoms with van der Waals surface area (Å²) in [5.74, 6) is 1.83. The first-order valence-electron chi connectivity index (χ1n) is 6.90. The molecular formula is C15H24FN3S. The number of guanidine groups is 1. The van der Waals surface area contributed by atoms with E-state index in [0.717, 1.165) is 36.8 Å². The molecule has 0 aromatic heterocycles. The van der Waals surface area contributed by atoms with Gasteiger partial charge < -0.3 is 10.2 Å². The average molecular weight is 297 g/mol. The first kappa shape index (κ1) is 16.8. The van der Waals surface area contributed by atoms with Crippen LogP contribution in [0.25, 0.3) is 0 Å². The molecule has 5 heteroatoms. The Kier molecular flexibility index (Phi) is 8.11. The summed E-state index contributed by atoms with van der Waals surface area (Å²) in [5, 5.41) is 3.29. The fourth-order valence-corrected chi connectivity index (χ4v) is 2.22. The smallest absolute Gasteiger partial charge is 0.193 e. The predicted octanol–water partition coefficient (Wildman–Crippen LogP) is 2.98. The van der Waals surface area contributed by atoms with Crippen molar-refractivity contribution < 1.29 is 4.39 Å². The van der Waals surface area contributed by atoms with Crippen LogP contribution >= 0.6 is 11.8 Å². The van der Waals surface area contributed by atoms with Crippen molar-refractivity contribution in [2.75, 3.05) is 32.1 Å². The van der Waals surface area contributed by atoms with Gasteiger partial charge in [-0.05, 0) is 43.0 Å². The number of halogens is 1. The zero-order valence-electron chi connectivity index (χ0n) is 12.5. The van der Waals surface area contributed by atoms with E-state index in [1.165, 1.54) is 12.1 Å². The Hall–Kier alpha value is -1.23. The number of hydrogen-bond acceptors (Lipinski definition) is 2. The van der Waals surface area contributed by atoms with Gasteiger partial charge in [0.05, 0.1) is 0 Å². The Bertz CT molecular complexity index is 406. The van der Waals surface area contributed by atoms with E-state index >= 15 is 0 Å². The molecule has 3 nitrogen and oxygen atoms in total. The fourth-order valence-electron chi connectivity index (χ4n) is 1.80. The van der Waals surface area contributed by atoms with Gasteiger partial charge in [-0.1, -0.05) is 12.1 Å². The topological polar surface area (TPSA) is 27.6 Å². The van der Waals surface area contributed by atoms with Crippen molar-refractivity contribution in [3.63, 3.8) is 0 Å². The van der Waals surface area contributed by atoms with Crippen molar-refractivity contribution in [2.45, 2.75) is 19.9 Å². The molecular weight excluding hydrogens is 273 g/mol. The van der Waals surface area contributed by atoms with Gasteiger partial charge >= 0.3 is 0 Å². The van der Waals surface area contributed by atoms with Crippen LogP contribution in [0.5, 0.6) is 0 Å². The molecule has 0 atom stereocenters. The number of nitrogens with zero attached hydrogens (tertiary/aromatic N) is 2. The van der Waals surface area contributed by atoms with Crippen LogP contribution in [0.1, 0.15) is 18.9 Å². The van der Waals surface area contributed by atoms with Crippen LogP contribution in [-0.2, 0) is 6.54 Å². The molecule has 0 unspecified atom stereocenters. The fraction of sp³-hybridized carbons (Fsp3) is 0.533. The molecule has 0 heterocycles. The minimum absolute atomic E-state index is 0.200. The lowest BCUT2D eigenvalue weighted by Crippen LogP contribution is -2.38. The van der Waals surface area contributed by atoms with Gasteiger partial charge in [-0.2, -0.15) is 11.8 Å². The molecule has 0 amide bonds. The zero-order valence-corrected chi connectivity index (χ0v) is 13.3. The van der Waals surface area contributed by atoms with Gasteiger partial charge in [-0.25, -0.2) is 4.39 Å². The third-order valence-electron chi connectivity index (χ3n) is 2.80. The highest BCUT2D eigenvalue weighted by atomic mass is 32.2. The predicted molar refractivity (Wildman–Crippen MR) is 86.8 cm³/mol. The molecule has 0 bridgehead atoms. The monoisotopic (exact) mass is 297 g/mol. The average Bonchev–Trinajstić information content (AvgIpc) is 2.44. The maximum atomic E-state index is 12.9. The van der Waals surface area contributed by atoms with E-state index in [1.807, 2.05) is 30.9 Å². The van der Waals surface area contributed by atoms with Crippen molar-refractivity contribution in [3.8, 4) is 0 Å². The van der Waals surface area contributed by atoms with E-state index in [4.69, 9.17) is 0 Å². The number of aliphatic imine (C=N–C) groups is 1. The van der Waals surface area contributed by atoms with E-state index in [0.29, 0.717) is 6.54 Å². The Morgan fingerprint density at radius 2 is 2.05 bits per heavy atom. The molecule has 0 saturated heterocycles. The standard InChI is InChI=1S/C15H24FN3S/c1-4-17-15(18-10-5-11-20-3)19(2)12-13-6-8-14(16)9-7-13/h6-9H,4-5,10-12H2,1-3H3,(H,17,18). The molecule has 0 aliphatic rings. The summed E-state index contributed by atoms with van der Waals surface area (Å²) in [6.45, 7) is 4.45. The molecule has 0 fully saturated rings. The van der Waals surface area contributed by atoms with Crippen LogP contribution < -0.4 is 5.32 Å². The van der Waals surface area contributed by atoms with E-state index in [2.05, 4.69) is 28.4 Å². The first-order chi connectivity index (χ1) is 9.67. The molecule has 1 aromatic carbocycles. The van der Waals surface area contributed by atoms with Crippen LogP contribution in [-0.4, -0.2) is 43.0 Å². The normalized spacial score (nSPS) is 11.5. The van der Waals surface area contributed by atoms with E-state index < -0.39 is 0 Å². The highest BCUT2D eigenvalue weighted by Gasteiger charge is 2.06. The number of rotatable bonds is 7. The lowest BCUT2D eigenvalue weighted by atomic mass is 10.2. The molecule has 0 saturated carbocycles. The number of nitrogens with one attached hydrogen (secondary N) is 1. The molecule has 0 radical (unpaired) electrons. The molecule has 112 valence electrons. The summed E-state index contributed by atoms with van der Waals surface area (Å²) in [6.07, 6.45) is 3.19. The third-order valence-corrected chi connectivity index (χ3v) is 3.49. The Morgan fingerprint density at radius 1 is 1.35 bits per heavy atom. The second-order valence-electron chi connectivity index (χ2n) is 4.56. The third kappa shape index (κ3) is 6.28.